The van der Waals surface area contributed by atoms with Gasteiger partial charge in [-0.15, -0.1) is 13.2 Å². The van der Waals surface area contributed by atoms with Gasteiger partial charge < -0.3 is 19.7 Å². The average Bonchev–Trinajstić information content (AvgIpc) is 3.42. The molecule has 2 aliphatic rings. The number of likely N-dealkylation sites (tertiary alicyclic amines) is 1. The Kier molecular flexibility index (Phi) is 25.1. The van der Waals surface area contributed by atoms with E-state index in [2.05, 4.69) is 120 Å². The van der Waals surface area contributed by atoms with Gasteiger partial charge in [-0.1, -0.05) is 98.8 Å². The first kappa shape index (κ1) is 46.0. The van der Waals surface area contributed by atoms with Crippen LogP contribution in [0.15, 0.2) is 74.2 Å². The summed E-state index contributed by atoms with van der Waals surface area (Å²) in [7, 11) is 0. The number of hydrogen-bond acceptors (Lipinski definition) is 6. The van der Waals surface area contributed by atoms with Crippen LogP contribution in [0.2, 0.25) is 0 Å². The maximum absolute atomic E-state index is 11.3. The number of rotatable bonds is 9. The minimum atomic E-state index is -0.242. The van der Waals surface area contributed by atoms with E-state index in [0.29, 0.717) is 30.1 Å². The Labute approximate surface area is 311 Å². The highest BCUT2D eigenvalue weighted by Crippen LogP contribution is 2.39. The molecule has 5 atom stereocenters. The van der Waals surface area contributed by atoms with Crippen LogP contribution in [0.4, 0.5) is 10.6 Å². The van der Waals surface area contributed by atoms with Crippen LogP contribution in [0.25, 0.3) is 0 Å². The number of nitrogens with zero attached hydrogens (tertiary/aromatic N) is 3. The third kappa shape index (κ3) is 16.5. The highest BCUT2D eigenvalue weighted by molar-refractivity contribution is 14.1. The average molecular weight is 790 g/mol. The van der Waals surface area contributed by atoms with Crippen molar-refractivity contribution in [3.05, 3.63) is 91.1 Å². The summed E-state index contributed by atoms with van der Waals surface area (Å²) in [6.07, 6.45) is 11.9. The van der Waals surface area contributed by atoms with Gasteiger partial charge in [-0.3, -0.25) is 5.32 Å². The van der Waals surface area contributed by atoms with Gasteiger partial charge in [0.05, 0.1) is 18.2 Å². The Balaban J connectivity index is 0.000000708. The zero-order valence-electron chi connectivity index (χ0n) is 31.7. The summed E-state index contributed by atoms with van der Waals surface area (Å²) in [5, 5.41) is 5.28. The maximum atomic E-state index is 11.3. The monoisotopic (exact) mass is 789 g/mol. The fraction of sp³-hybridized carbons (Fsp3) is 0.550. The highest BCUT2D eigenvalue weighted by Gasteiger charge is 2.40. The molecule has 4 unspecified atom stereocenters. The Bertz CT molecular complexity index is 1240. The van der Waals surface area contributed by atoms with Crippen molar-refractivity contribution in [2.75, 3.05) is 23.3 Å². The molecular formula is C40H64IN5O3. The fourth-order valence-corrected chi connectivity index (χ4v) is 5.82. The zero-order valence-corrected chi connectivity index (χ0v) is 33.8. The number of piperidine rings is 1. The second-order valence-electron chi connectivity index (χ2n) is 12.3. The topological polar surface area (TPSA) is 96.5 Å². The maximum Gasteiger partial charge on any atom is 0.320 e. The second kappa shape index (κ2) is 26.8. The molecule has 2 saturated heterocycles. The van der Waals surface area contributed by atoms with Gasteiger partial charge in [0.1, 0.15) is 18.4 Å². The molecule has 0 bridgehead atoms. The molecule has 2 N–H and O–H groups in total. The summed E-state index contributed by atoms with van der Waals surface area (Å²) < 4.78 is 6.15. The number of aromatic nitrogens is 2. The van der Waals surface area contributed by atoms with Crippen LogP contribution in [0.3, 0.4) is 0 Å². The van der Waals surface area contributed by atoms with Crippen molar-refractivity contribution in [1.29, 1.82) is 0 Å². The summed E-state index contributed by atoms with van der Waals surface area (Å²) in [6, 6.07) is 10.3. The number of alkyl halides is 1. The normalized spacial score (nSPS) is 20.6. The number of halogens is 1. The predicted molar refractivity (Wildman–Crippen MR) is 217 cm³/mol. The molecule has 2 aromatic rings. The van der Waals surface area contributed by atoms with Crippen LogP contribution >= 0.6 is 22.6 Å². The molecular weight excluding hydrogens is 725 g/mol. The number of aldehydes is 1. The van der Waals surface area contributed by atoms with E-state index in [1.54, 1.807) is 6.08 Å². The number of carbonyl (C=O) groups excluding carboxylic acids is 2. The van der Waals surface area contributed by atoms with Crippen molar-refractivity contribution in [2.45, 2.75) is 112 Å². The lowest BCUT2D eigenvalue weighted by Crippen LogP contribution is -2.40. The van der Waals surface area contributed by atoms with Crippen LogP contribution in [-0.2, 0) is 9.53 Å². The first-order valence-electron chi connectivity index (χ1n) is 17.5. The third-order valence-corrected chi connectivity index (χ3v) is 8.57. The molecule has 0 radical (unpaired) electrons. The molecule has 1 aromatic carbocycles. The fourth-order valence-electron chi connectivity index (χ4n) is 5.82. The summed E-state index contributed by atoms with van der Waals surface area (Å²) in [5.41, 5.74) is 4.23. The number of allylic oxidation sites excluding steroid dienone is 1. The summed E-state index contributed by atoms with van der Waals surface area (Å²) >= 11 is 2.15. The van der Waals surface area contributed by atoms with Gasteiger partial charge in [0, 0.05) is 42.4 Å². The van der Waals surface area contributed by atoms with Gasteiger partial charge in [0.2, 0.25) is 0 Å². The van der Waals surface area contributed by atoms with Crippen LogP contribution < -0.4 is 10.6 Å². The van der Waals surface area contributed by atoms with Crippen LogP contribution in [0.1, 0.15) is 96.4 Å². The summed E-state index contributed by atoms with van der Waals surface area (Å²) in [6.45, 7) is 29.4. The molecule has 4 rings (SSSR count). The summed E-state index contributed by atoms with van der Waals surface area (Å²) in [5.74, 6) is 2.15. The van der Waals surface area contributed by atoms with Crippen LogP contribution in [0, 0.1) is 25.7 Å². The number of hydrogen-bond donors (Lipinski definition) is 2. The van der Waals surface area contributed by atoms with Crippen LogP contribution in [0.5, 0.6) is 0 Å². The lowest BCUT2D eigenvalue weighted by molar-refractivity contribution is -0.112. The molecule has 2 fully saturated rings. The van der Waals surface area contributed by atoms with Crippen LogP contribution in [-0.4, -0.2) is 63.5 Å². The number of carbonyl (C=O) groups is 2. The van der Waals surface area contributed by atoms with Gasteiger partial charge in [-0.25, -0.2) is 14.8 Å². The predicted octanol–water partition coefficient (Wildman–Crippen LogP) is 9.85. The molecule has 9 heteroatoms. The zero-order chi connectivity index (χ0) is 37.4. The molecule has 274 valence electrons. The number of nitrogens with one attached hydrogen (secondary N) is 2. The summed E-state index contributed by atoms with van der Waals surface area (Å²) in [4.78, 5) is 34.6. The van der Waals surface area contributed by atoms with Gasteiger partial charge in [0.25, 0.3) is 0 Å². The lowest BCUT2D eigenvalue weighted by atomic mass is 9.84. The number of anilines is 1. The lowest BCUT2D eigenvalue weighted by Gasteiger charge is -2.37. The van der Waals surface area contributed by atoms with Crippen molar-refractivity contribution < 1.29 is 14.3 Å². The van der Waals surface area contributed by atoms with Crippen molar-refractivity contribution in [3.63, 3.8) is 0 Å². The molecule has 8 nitrogen and oxygen atoms in total. The Morgan fingerprint density at radius 1 is 1.12 bits per heavy atom. The largest absolute Gasteiger partial charge is 0.374 e. The van der Waals surface area contributed by atoms with Gasteiger partial charge in [-0.2, -0.15) is 0 Å². The minimum Gasteiger partial charge on any atom is -0.374 e. The molecule has 0 aliphatic carbocycles. The number of aryl methyl sites for hydroxylation is 1. The van der Waals surface area contributed by atoms with E-state index >= 15 is 0 Å². The van der Waals surface area contributed by atoms with E-state index in [1.807, 2.05) is 44.8 Å². The van der Waals surface area contributed by atoms with E-state index < -0.39 is 0 Å². The van der Waals surface area contributed by atoms with E-state index in [9.17, 15) is 9.59 Å². The molecule has 2 amide bonds. The van der Waals surface area contributed by atoms with Crippen molar-refractivity contribution >= 4 is 40.7 Å². The number of ether oxygens (including phenoxy) is 1. The molecule has 2 aliphatic heterocycles. The molecule has 0 saturated carbocycles. The highest BCUT2D eigenvalue weighted by atomic mass is 127. The minimum absolute atomic E-state index is 0.0142. The van der Waals surface area contributed by atoms with Crippen molar-refractivity contribution in [3.8, 4) is 0 Å². The van der Waals surface area contributed by atoms with Gasteiger partial charge >= 0.3 is 6.03 Å². The van der Waals surface area contributed by atoms with Gasteiger partial charge in [-0.05, 0) is 76.2 Å². The third-order valence-electron chi connectivity index (χ3n) is 8.57. The van der Waals surface area contributed by atoms with Crippen molar-refractivity contribution in [1.82, 2.24) is 20.2 Å². The molecule has 3 heterocycles. The Morgan fingerprint density at radius 3 is 2.27 bits per heavy atom. The van der Waals surface area contributed by atoms with E-state index in [0.717, 1.165) is 61.9 Å². The second-order valence-corrected chi connectivity index (χ2v) is 12.3. The smallest absolute Gasteiger partial charge is 0.320 e. The number of benzene rings is 1. The van der Waals surface area contributed by atoms with Gasteiger partial charge in [0.15, 0.2) is 0 Å². The quantitative estimate of drug-likeness (QED) is 0.114. The van der Waals surface area contributed by atoms with E-state index in [1.165, 1.54) is 11.9 Å². The number of amides is 2. The standard InChI is InChI=1S/C18H29NO2.C9H14N4O.C9H12.C3H6.CH3I/c1-5-16-14(4)21-18(17(16)6-2)11-13(3)19-10-8-7-9-15(19)12-20;1-4-10-9(14)13-8-6(2)7(3)11-5-12-8;1-8(2)9-6-4-3-5-7-9;1-3-2;1-2/h5,12,14-18H,1,3,6-11H2,2,4H3;5H,4H2,1-3H3,(H2,10,11,12,13,14);3-8H,1-2H3;3H,1H2,2H3;1H3/t14?,15-,16?,17?,18?;;;;/m0..../s1. The van der Waals surface area contributed by atoms with Crippen molar-refractivity contribution in [2.24, 2.45) is 11.8 Å². The molecule has 49 heavy (non-hydrogen) atoms. The Morgan fingerprint density at radius 2 is 1.76 bits per heavy atom. The van der Waals surface area contributed by atoms with E-state index in [-0.39, 0.29) is 24.3 Å². The number of urea groups is 1. The first-order chi connectivity index (χ1) is 23.5. The molecule has 1 aromatic heterocycles. The van der Waals surface area contributed by atoms with E-state index in [4.69, 9.17) is 4.74 Å². The SMILES string of the molecule is C=CC.C=CC1C(C)OC(CC(=C)N2CCCC[C@H]2C=O)C1CC.CC(C)c1ccccc1.CCNC(=O)Nc1ncnc(C)c1C.CI. The first-order valence-corrected chi connectivity index (χ1v) is 19.6. The Hall–Kier alpha value is -3.05. The molecule has 0 spiro atoms.